The fraction of sp³-hybridized carbons (Fsp3) is 0.263. The van der Waals surface area contributed by atoms with Gasteiger partial charge >= 0.3 is 0 Å². The van der Waals surface area contributed by atoms with Crippen molar-refractivity contribution in [2.75, 3.05) is 13.2 Å². The standard InChI is InChI=1S/C19H22FNO/c20-18-12-10-16(11-13-18)6-4-14-21-19(9-5-15-22)17-7-2-1-3-8-17/h1-4,6-8,10-13,19,21-22H,5,9,14-15H2/b6-4+. The van der Waals surface area contributed by atoms with Gasteiger partial charge in [-0.05, 0) is 36.1 Å². The summed E-state index contributed by atoms with van der Waals surface area (Å²) in [7, 11) is 0. The molecule has 2 nitrogen and oxygen atoms in total. The third-order valence-electron chi connectivity index (χ3n) is 3.52. The average molecular weight is 299 g/mol. The van der Waals surface area contributed by atoms with E-state index in [4.69, 9.17) is 5.11 Å². The first-order valence-corrected chi connectivity index (χ1v) is 7.61. The van der Waals surface area contributed by atoms with E-state index >= 15 is 0 Å². The fourth-order valence-electron chi connectivity index (χ4n) is 2.35. The van der Waals surface area contributed by atoms with Gasteiger partial charge in [0.25, 0.3) is 0 Å². The minimum atomic E-state index is -0.219. The van der Waals surface area contributed by atoms with E-state index in [9.17, 15) is 4.39 Å². The molecule has 2 N–H and O–H groups in total. The van der Waals surface area contributed by atoms with Crippen LogP contribution in [0.2, 0.25) is 0 Å². The molecule has 0 aliphatic carbocycles. The van der Waals surface area contributed by atoms with Crippen LogP contribution in [0.5, 0.6) is 0 Å². The Morgan fingerprint density at radius 3 is 2.45 bits per heavy atom. The van der Waals surface area contributed by atoms with Crippen molar-refractivity contribution in [3.63, 3.8) is 0 Å². The first-order chi connectivity index (χ1) is 10.8. The summed E-state index contributed by atoms with van der Waals surface area (Å²) >= 11 is 0. The van der Waals surface area contributed by atoms with Crippen LogP contribution >= 0.6 is 0 Å². The summed E-state index contributed by atoms with van der Waals surface area (Å²) in [6.45, 7) is 0.929. The number of hydrogen-bond donors (Lipinski definition) is 2. The summed E-state index contributed by atoms with van der Waals surface area (Å²) in [5.41, 5.74) is 2.21. The molecule has 0 amide bonds. The molecule has 0 spiro atoms. The van der Waals surface area contributed by atoms with Crippen LogP contribution in [0.3, 0.4) is 0 Å². The van der Waals surface area contributed by atoms with Crippen LogP contribution in [0.15, 0.2) is 60.7 Å². The summed E-state index contributed by atoms with van der Waals surface area (Å²) in [6.07, 6.45) is 5.67. The van der Waals surface area contributed by atoms with Crippen LogP contribution in [0.1, 0.15) is 30.0 Å². The number of hydrogen-bond acceptors (Lipinski definition) is 2. The van der Waals surface area contributed by atoms with E-state index < -0.39 is 0 Å². The first kappa shape index (κ1) is 16.4. The third-order valence-corrected chi connectivity index (χ3v) is 3.52. The van der Waals surface area contributed by atoms with Crippen molar-refractivity contribution in [2.45, 2.75) is 18.9 Å². The van der Waals surface area contributed by atoms with Crippen LogP contribution in [-0.2, 0) is 0 Å². The predicted molar refractivity (Wildman–Crippen MR) is 88.9 cm³/mol. The molecule has 22 heavy (non-hydrogen) atoms. The van der Waals surface area contributed by atoms with Gasteiger partial charge in [0.1, 0.15) is 5.82 Å². The lowest BCUT2D eigenvalue weighted by molar-refractivity contribution is 0.276. The maximum Gasteiger partial charge on any atom is 0.123 e. The molecule has 2 rings (SSSR count). The first-order valence-electron chi connectivity index (χ1n) is 7.61. The summed E-state index contributed by atoms with van der Waals surface area (Å²) in [5.74, 6) is -0.219. The quantitative estimate of drug-likeness (QED) is 0.774. The molecule has 0 saturated heterocycles. The molecular weight excluding hydrogens is 277 g/mol. The largest absolute Gasteiger partial charge is 0.396 e. The Morgan fingerprint density at radius 2 is 1.77 bits per heavy atom. The molecule has 0 saturated carbocycles. The van der Waals surface area contributed by atoms with Crippen molar-refractivity contribution in [2.24, 2.45) is 0 Å². The van der Waals surface area contributed by atoms with Crippen LogP contribution in [0.25, 0.3) is 6.08 Å². The van der Waals surface area contributed by atoms with E-state index in [2.05, 4.69) is 17.4 Å². The Kier molecular flexibility index (Phi) is 6.81. The monoisotopic (exact) mass is 299 g/mol. The molecule has 2 aromatic rings. The number of benzene rings is 2. The molecule has 0 aliphatic heterocycles. The Morgan fingerprint density at radius 1 is 1.05 bits per heavy atom. The lowest BCUT2D eigenvalue weighted by Gasteiger charge is -2.18. The van der Waals surface area contributed by atoms with Crippen molar-refractivity contribution in [3.05, 3.63) is 77.6 Å². The van der Waals surface area contributed by atoms with E-state index in [1.807, 2.05) is 30.4 Å². The van der Waals surface area contributed by atoms with Crippen LogP contribution < -0.4 is 5.32 Å². The highest BCUT2D eigenvalue weighted by atomic mass is 19.1. The Labute approximate surface area is 131 Å². The molecule has 1 unspecified atom stereocenters. The highest BCUT2D eigenvalue weighted by Gasteiger charge is 2.08. The average Bonchev–Trinajstić information content (AvgIpc) is 2.56. The number of rotatable bonds is 8. The molecule has 0 aliphatic rings. The van der Waals surface area contributed by atoms with Crippen molar-refractivity contribution >= 4 is 6.08 Å². The second-order valence-electron chi connectivity index (χ2n) is 5.19. The molecule has 0 bridgehead atoms. The molecule has 116 valence electrons. The van der Waals surface area contributed by atoms with Gasteiger partial charge in [0.05, 0.1) is 0 Å². The van der Waals surface area contributed by atoms with Crippen molar-refractivity contribution in [1.82, 2.24) is 5.32 Å². The zero-order valence-corrected chi connectivity index (χ0v) is 12.6. The van der Waals surface area contributed by atoms with Gasteiger partial charge in [0.15, 0.2) is 0 Å². The number of halogens is 1. The van der Waals surface area contributed by atoms with Gasteiger partial charge in [-0.3, -0.25) is 0 Å². The van der Waals surface area contributed by atoms with Crippen molar-refractivity contribution in [3.8, 4) is 0 Å². The number of nitrogens with one attached hydrogen (secondary N) is 1. The van der Waals surface area contributed by atoms with Crippen LogP contribution in [-0.4, -0.2) is 18.3 Å². The van der Waals surface area contributed by atoms with E-state index in [1.165, 1.54) is 17.7 Å². The van der Waals surface area contributed by atoms with Crippen molar-refractivity contribution in [1.29, 1.82) is 0 Å². The SMILES string of the molecule is OCCCC(NC/C=C/c1ccc(F)cc1)c1ccccc1. The smallest absolute Gasteiger partial charge is 0.123 e. The summed E-state index contributed by atoms with van der Waals surface area (Å²) < 4.78 is 12.8. The van der Waals surface area contributed by atoms with E-state index in [-0.39, 0.29) is 18.5 Å². The highest BCUT2D eigenvalue weighted by molar-refractivity contribution is 5.48. The predicted octanol–water partition coefficient (Wildman–Crippen LogP) is 3.94. The molecule has 3 heteroatoms. The minimum absolute atomic E-state index is 0.205. The van der Waals surface area contributed by atoms with Crippen LogP contribution in [0.4, 0.5) is 4.39 Å². The maximum absolute atomic E-state index is 12.8. The Balaban J connectivity index is 1.89. The molecule has 0 fully saturated rings. The Bertz CT molecular complexity index is 566. The normalized spacial score (nSPS) is 12.6. The molecule has 2 aromatic carbocycles. The third kappa shape index (κ3) is 5.43. The molecule has 0 aromatic heterocycles. The van der Waals surface area contributed by atoms with Gasteiger partial charge in [-0.1, -0.05) is 54.6 Å². The van der Waals surface area contributed by atoms with E-state index in [0.29, 0.717) is 0 Å². The van der Waals surface area contributed by atoms with Crippen LogP contribution in [0, 0.1) is 5.82 Å². The molecular formula is C19H22FNO. The fourth-order valence-corrected chi connectivity index (χ4v) is 2.35. The minimum Gasteiger partial charge on any atom is -0.396 e. The highest BCUT2D eigenvalue weighted by Crippen LogP contribution is 2.17. The van der Waals surface area contributed by atoms with Gasteiger partial charge in [-0.2, -0.15) is 0 Å². The molecule has 1 atom stereocenters. The van der Waals surface area contributed by atoms with Gasteiger partial charge in [0, 0.05) is 19.2 Å². The number of aliphatic hydroxyl groups excluding tert-OH is 1. The van der Waals surface area contributed by atoms with E-state index in [0.717, 1.165) is 24.9 Å². The zero-order valence-electron chi connectivity index (χ0n) is 12.6. The lowest BCUT2D eigenvalue weighted by Crippen LogP contribution is -2.21. The zero-order chi connectivity index (χ0) is 15.6. The molecule has 0 heterocycles. The topological polar surface area (TPSA) is 32.3 Å². The second-order valence-corrected chi connectivity index (χ2v) is 5.19. The summed E-state index contributed by atoms with van der Waals surface area (Å²) in [6, 6.07) is 16.9. The summed E-state index contributed by atoms with van der Waals surface area (Å²) in [4.78, 5) is 0. The van der Waals surface area contributed by atoms with E-state index in [1.54, 1.807) is 12.1 Å². The maximum atomic E-state index is 12.8. The number of aliphatic hydroxyl groups is 1. The lowest BCUT2D eigenvalue weighted by atomic mass is 10.0. The second kappa shape index (κ2) is 9.13. The summed E-state index contributed by atoms with van der Waals surface area (Å²) in [5, 5.41) is 12.5. The van der Waals surface area contributed by atoms with Gasteiger partial charge in [-0.15, -0.1) is 0 Å². The Hall–Kier alpha value is -1.97. The van der Waals surface area contributed by atoms with Crippen molar-refractivity contribution < 1.29 is 9.50 Å². The van der Waals surface area contributed by atoms with Gasteiger partial charge in [0.2, 0.25) is 0 Å². The molecule has 0 radical (unpaired) electrons. The van der Waals surface area contributed by atoms with Gasteiger partial charge < -0.3 is 10.4 Å². The van der Waals surface area contributed by atoms with Gasteiger partial charge in [-0.25, -0.2) is 4.39 Å².